The molecule has 3 rings (SSSR count). The second-order valence-corrected chi connectivity index (χ2v) is 5.82. The second kappa shape index (κ2) is 4.77. The van der Waals surface area contributed by atoms with Gasteiger partial charge in [-0.3, -0.25) is 9.59 Å². The lowest BCUT2D eigenvalue weighted by Crippen LogP contribution is -2.08. The molecule has 1 aromatic heterocycles. The molecule has 0 fully saturated rings. The van der Waals surface area contributed by atoms with Gasteiger partial charge in [0.25, 0.3) is 11.8 Å². The predicted octanol–water partition coefficient (Wildman–Crippen LogP) is 2.99. The van der Waals surface area contributed by atoms with E-state index in [2.05, 4.69) is 5.32 Å². The number of fused-ring (bicyclic) bond motifs is 1. The second-order valence-electron chi connectivity index (χ2n) is 4.27. The number of amides is 2. The molecule has 0 saturated heterocycles. The average Bonchev–Trinajstić information content (AvgIpc) is 2.97. The Morgan fingerprint density at radius 2 is 2.10 bits per heavy atom. The maximum atomic E-state index is 12.0. The lowest BCUT2D eigenvalue weighted by atomic mass is 10.1. The predicted molar refractivity (Wildman–Crippen MR) is 80.8 cm³/mol. The lowest BCUT2D eigenvalue weighted by molar-refractivity contribution is -0.110. The molecule has 2 heterocycles. The molecule has 1 aromatic carbocycles. The molecule has 4 nitrogen and oxygen atoms in total. The van der Waals surface area contributed by atoms with Gasteiger partial charge in [-0.05, 0) is 36.4 Å². The molecule has 1 aliphatic rings. The average molecular weight is 305 g/mol. The topological polar surface area (TPSA) is 72.2 Å². The van der Waals surface area contributed by atoms with Gasteiger partial charge in [0.05, 0.1) is 10.5 Å². The first-order chi connectivity index (χ1) is 9.54. The van der Waals surface area contributed by atoms with Gasteiger partial charge < -0.3 is 11.1 Å². The third-order valence-corrected chi connectivity index (χ3v) is 4.20. The Hall–Kier alpha value is -2.11. The number of anilines is 1. The van der Waals surface area contributed by atoms with Crippen molar-refractivity contribution in [1.82, 2.24) is 0 Å². The van der Waals surface area contributed by atoms with E-state index < -0.39 is 5.91 Å². The van der Waals surface area contributed by atoms with Crippen LogP contribution in [-0.2, 0) is 4.79 Å². The number of hydrogen-bond donors (Lipinski definition) is 2. The van der Waals surface area contributed by atoms with E-state index in [4.69, 9.17) is 17.3 Å². The summed E-state index contributed by atoms with van der Waals surface area (Å²) in [6.07, 6.45) is 1.73. The Labute approximate surface area is 123 Å². The van der Waals surface area contributed by atoms with Gasteiger partial charge in [0.15, 0.2) is 0 Å². The summed E-state index contributed by atoms with van der Waals surface area (Å²) in [6.45, 7) is 0. The first kappa shape index (κ1) is 12.9. The van der Waals surface area contributed by atoms with Crippen LogP contribution in [0.2, 0.25) is 5.02 Å². The first-order valence-electron chi connectivity index (χ1n) is 5.77. The minimum absolute atomic E-state index is 0.184. The Morgan fingerprint density at radius 1 is 1.30 bits per heavy atom. The van der Waals surface area contributed by atoms with E-state index in [1.54, 1.807) is 36.4 Å². The van der Waals surface area contributed by atoms with Crippen molar-refractivity contribution in [2.24, 2.45) is 5.73 Å². The van der Waals surface area contributed by atoms with Crippen LogP contribution in [0.4, 0.5) is 5.69 Å². The minimum Gasteiger partial charge on any atom is -0.365 e. The van der Waals surface area contributed by atoms with Crippen LogP contribution in [0.25, 0.3) is 11.6 Å². The van der Waals surface area contributed by atoms with Gasteiger partial charge in [0, 0.05) is 21.2 Å². The van der Waals surface area contributed by atoms with E-state index in [-0.39, 0.29) is 5.91 Å². The van der Waals surface area contributed by atoms with Crippen LogP contribution < -0.4 is 11.1 Å². The maximum absolute atomic E-state index is 12.0. The van der Waals surface area contributed by atoms with Crippen LogP contribution in [-0.4, -0.2) is 11.8 Å². The Kier molecular flexibility index (Phi) is 3.08. The number of nitrogens with two attached hydrogens (primary N) is 1. The van der Waals surface area contributed by atoms with Gasteiger partial charge in [0.2, 0.25) is 0 Å². The summed E-state index contributed by atoms with van der Waals surface area (Å²) in [5, 5.41) is 3.34. The zero-order valence-electron chi connectivity index (χ0n) is 10.1. The zero-order valence-corrected chi connectivity index (χ0v) is 11.7. The molecule has 2 aromatic rings. The van der Waals surface area contributed by atoms with Crippen molar-refractivity contribution in [3.63, 3.8) is 0 Å². The minimum atomic E-state index is -0.473. The molecule has 3 N–H and O–H groups in total. The molecule has 0 radical (unpaired) electrons. The highest BCUT2D eigenvalue weighted by Gasteiger charge is 2.24. The molecule has 20 heavy (non-hydrogen) atoms. The Bertz CT molecular complexity index is 764. The van der Waals surface area contributed by atoms with E-state index in [1.165, 1.54) is 11.3 Å². The number of benzene rings is 1. The smallest absolute Gasteiger partial charge is 0.258 e. The van der Waals surface area contributed by atoms with Gasteiger partial charge >= 0.3 is 0 Å². The van der Waals surface area contributed by atoms with Gasteiger partial charge in [-0.2, -0.15) is 0 Å². The van der Waals surface area contributed by atoms with Gasteiger partial charge in [-0.25, -0.2) is 0 Å². The summed E-state index contributed by atoms with van der Waals surface area (Å²) in [7, 11) is 0. The molecule has 0 aliphatic carbocycles. The summed E-state index contributed by atoms with van der Waals surface area (Å²) >= 11 is 7.20. The van der Waals surface area contributed by atoms with Crippen LogP contribution in [0, 0.1) is 0 Å². The number of thiophene rings is 1. The SMILES string of the molecule is NC(=O)c1ccc(/C=C2\C(=O)Nc3ccc(Cl)cc32)s1. The van der Waals surface area contributed by atoms with E-state index in [0.29, 0.717) is 15.5 Å². The molecule has 0 atom stereocenters. The van der Waals surface area contributed by atoms with Crippen molar-refractivity contribution in [1.29, 1.82) is 0 Å². The Balaban J connectivity index is 2.05. The van der Waals surface area contributed by atoms with Crippen LogP contribution in [0.5, 0.6) is 0 Å². The number of halogens is 1. The highest BCUT2D eigenvalue weighted by atomic mass is 35.5. The van der Waals surface area contributed by atoms with Gasteiger partial charge in [0.1, 0.15) is 0 Å². The molecule has 0 spiro atoms. The third kappa shape index (κ3) is 2.21. The van der Waals surface area contributed by atoms with Crippen LogP contribution in [0.1, 0.15) is 20.1 Å². The van der Waals surface area contributed by atoms with Crippen molar-refractivity contribution >= 4 is 52.1 Å². The van der Waals surface area contributed by atoms with Crippen molar-refractivity contribution in [2.75, 3.05) is 5.32 Å². The maximum Gasteiger partial charge on any atom is 0.258 e. The molecule has 100 valence electrons. The quantitative estimate of drug-likeness (QED) is 0.837. The first-order valence-corrected chi connectivity index (χ1v) is 6.96. The van der Waals surface area contributed by atoms with Crippen molar-refractivity contribution in [2.45, 2.75) is 0 Å². The fourth-order valence-electron chi connectivity index (χ4n) is 2.01. The van der Waals surface area contributed by atoms with E-state index in [0.717, 1.165) is 16.1 Å². The monoisotopic (exact) mass is 304 g/mol. The van der Waals surface area contributed by atoms with Crippen LogP contribution >= 0.6 is 22.9 Å². The van der Waals surface area contributed by atoms with Crippen molar-refractivity contribution in [3.8, 4) is 0 Å². The Morgan fingerprint density at radius 3 is 2.80 bits per heavy atom. The van der Waals surface area contributed by atoms with E-state index >= 15 is 0 Å². The number of primary amides is 1. The standard InChI is InChI=1S/C14H9ClN2O2S/c15-7-1-3-11-9(5-7)10(14(19)17-11)6-8-2-4-12(20-8)13(16)18/h1-6H,(H2,16,18)(H,17,19)/b10-6-. The molecule has 0 bridgehead atoms. The number of carbonyl (C=O) groups is 2. The molecule has 6 heteroatoms. The summed E-state index contributed by atoms with van der Waals surface area (Å²) in [5.41, 5.74) is 7.24. The fraction of sp³-hybridized carbons (Fsp3) is 0. The lowest BCUT2D eigenvalue weighted by Gasteiger charge is -1.98. The summed E-state index contributed by atoms with van der Waals surface area (Å²) < 4.78 is 0. The highest BCUT2D eigenvalue weighted by Crippen LogP contribution is 2.35. The molecular formula is C14H9ClN2O2S. The van der Waals surface area contributed by atoms with Crippen LogP contribution in [0.15, 0.2) is 30.3 Å². The van der Waals surface area contributed by atoms with Gasteiger partial charge in [-0.15, -0.1) is 11.3 Å². The molecule has 1 aliphatic heterocycles. The fourth-order valence-corrected chi connectivity index (χ4v) is 2.98. The number of nitrogens with one attached hydrogen (secondary N) is 1. The highest BCUT2D eigenvalue weighted by molar-refractivity contribution is 7.15. The molecule has 2 amide bonds. The van der Waals surface area contributed by atoms with Gasteiger partial charge in [-0.1, -0.05) is 11.6 Å². The molecule has 0 saturated carbocycles. The molecule has 0 unspecified atom stereocenters. The van der Waals surface area contributed by atoms with Crippen molar-refractivity contribution in [3.05, 3.63) is 50.7 Å². The summed E-state index contributed by atoms with van der Waals surface area (Å²) in [6, 6.07) is 8.63. The summed E-state index contributed by atoms with van der Waals surface area (Å²) in [4.78, 5) is 24.3. The number of hydrogen-bond acceptors (Lipinski definition) is 3. The zero-order chi connectivity index (χ0) is 14.3. The number of rotatable bonds is 2. The van der Waals surface area contributed by atoms with Crippen LogP contribution in [0.3, 0.4) is 0 Å². The largest absolute Gasteiger partial charge is 0.365 e. The van der Waals surface area contributed by atoms with Crippen molar-refractivity contribution < 1.29 is 9.59 Å². The normalized spacial score (nSPS) is 15.2. The van der Waals surface area contributed by atoms with E-state index in [9.17, 15) is 9.59 Å². The summed E-state index contributed by atoms with van der Waals surface area (Å²) in [5.74, 6) is -0.657. The number of carbonyl (C=O) groups excluding carboxylic acids is 2. The van der Waals surface area contributed by atoms with E-state index in [1.807, 2.05) is 0 Å². The molecular weight excluding hydrogens is 296 g/mol. The third-order valence-electron chi connectivity index (χ3n) is 2.92.